The lowest BCUT2D eigenvalue weighted by atomic mass is 10.3. The summed E-state index contributed by atoms with van der Waals surface area (Å²) < 4.78 is 5.55. The Hall–Kier alpha value is -0.480. The molecule has 1 aromatic heterocycles. The smallest absolute Gasteiger partial charge is 0.157 e. The van der Waals surface area contributed by atoms with Gasteiger partial charge in [0.1, 0.15) is 11.6 Å². The summed E-state index contributed by atoms with van der Waals surface area (Å²) in [5, 5.41) is 3.73. The van der Waals surface area contributed by atoms with Crippen LogP contribution in [0, 0.1) is 0 Å². The number of alkyl halides is 1. The number of ether oxygens (including phenoxy) is 1. The van der Waals surface area contributed by atoms with Crippen molar-refractivity contribution in [2.75, 3.05) is 0 Å². The van der Waals surface area contributed by atoms with Crippen molar-refractivity contribution >= 4 is 46.1 Å². The average molecular weight is 309 g/mol. The molecule has 0 unspecified atom stereocenters. The highest BCUT2D eigenvalue weighted by Gasteiger charge is 2.08. The Morgan fingerprint density at radius 1 is 1.24 bits per heavy atom. The maximum absolute atomic E-state index is 5.98. The van der Waals surface area contributed by atoms with Gasteiger partial charge >= 0.3 is 0 Å². The Kier molecular flexibility index (Phi) is 4.51. The fourth-order valence-corrected chi connectivity index (χ4v) is 2.67. The highest BCUT2D eigenvalue weighted by atomic mass is 35.5. The number of hydrogen-bond acceptors (Lipinski definition) is 3. The van der Waals surface area contributed by atoms with E-state index in [1.165, 1.54) is 11.3 Å². The number of para-hydroxylation sites is 1. The lowest BCUT2D eigenvalue weighted by molar-refractivity contribution is 0.306. The van der Waals surface area contributed by atoms with Crippen LogP contribution in [0.3, 0.4) is 0 Å². The minimum atomic E-state index is 0.338. The molecule has 0 atom stereocenters. The van der Waals surface area contributed by atoms with Crippen LogP contribution in [0.15, 0.2) is 23.6 Å². The zero-order valence-corrected chi connectivity index (χ0v) is 11.7. The van der Waals surface area contributed by atoms with E-state index in [0.717, 1.165) is 10.7 Å². The van der Waals surface area contributed by atoms with Crippen LogP contribution in [0.25, 0.3) is 0 Å². The van der Waals surface area contributed by atoms with Crippen molar-refractivity contribution in [2.24, 2.45) is 0 Å². The summed E-state index contributed by atoms with van der Waals surface area (Å²) >= 11 is 19.1. The van der Waals surface area contributed by atoms with Gasteiger partial charge in [0.15, 0.2) is 5.75 Å². The van der Waals surface area contributed by atoms with E-state index in [1.807, 2.05) is 5.38 Å². The van der Waals surface area contributed by atoms with E-state index in [0.29, 0.717) is 28.3 Å². The summed E-state index contributed by atoms with van der Waals surface area (Å²) in [5.74, 6) is 0.891. The van der Waals surface area contributed by atoms with Gasteiger partial charge in [-0.2, -0.15) is 0 Å². The maximum Gasteiger partial charge on any atom is 0.157 e. The Bertz CT molecular complexity index is 495. The second-order valence-corrected chi connectivity index (χ2v) is 5.23. The third-order valence-corrected chi connectivity index (χ3v) is 3.74. The molecule has 0 saturated heterocycles. The minimum absolute atomic E-state index is 0.338. The quantitative estimate of drug-likeness (QED) is 0.759. The molecule has 1 aromatic carbocycles. The van der Waals surface area contributed by atoms with E-state index < -0.39 is 0 Å². The third kappa shape index (κ3) is 3.26. The number of aromatic nitrogens is 1. The Morgan fingerprint density at radius 2 is 1.94 bits per heavy atom. The molecule has 90 valence electrons. The third-order valence-electron chi connectivity index (χ3n) is 2.00. The summed E-state index contributed by atoms with van der Waals surface area (Å²) in [7, 11) is 0. The van der Waals surface area contributed by atoms with Crippen LogP contribution >= 0.6 is 46.1 Å². The summed E-state index contributed by atoms with van der Waals surface area (Å²) in [6, 6.07) is 5.23. The van der Waals surface area contributed by atoms with Crippen molar-refractivity contribution in [1.82, 2.24) is 4.98 Å². The number of hydrogen-bond donors (Lipinski definition) is 0. The first-order valence-electron chi connectivity index (χ1n) is 4.76. The molecule has 0 fully saturated rings. The first-order chi connectivity index (χ1) is 8.20. The zero-order valence-electron chi connectivity index (χ0n) is 8.62. The van der Waals surface area contributed by atoms with Gasteiger partial charge in [0, 0.05) is 5.38 Å². The minimum Gasteiger partial charge on any atom is -0.483 e. The van der Waals surface area contributed by atoms with Gasteiger partial charge < -0.3 is 4.74 Å². The van der Waals surface area contributed by atoms with Gasteiger partial charge in [-0.05, 0) is 12.1 Å². The molecule has 2 aromatic rings. The highest BCUT2D eigenvalue weighted by molar-refractivity contribution is 7.09. The number of thiazole rings is 1. The van der Waals surface area contributed by atoms with Gasteiger partial charge in [0.2, 0.25) is 0 Å². The summed E-state index contributed by atoms with van der Waals surface area (Å²) in [6.45, 7) is 0.338. The van der Waals surface area contributed by atoms with Crippen LogP contribution in [0.1, 0.15) is 10.7 Å². The Balaban J connectivity index is 2.07. The van der Waals surface area contributed by atoms with Gasteiger partial charge in [0.25, 0.3) is 0 Å². The van der Waals surface area contributed by atoms with Crippen molar-refractivity contribution < 1.29 is 4.74 Å². The van der Waals surface area contributed by atoms with Crippen LogP contribution in [-0.2, 0) is 12.5 Å². The van der Waals surface area contributed by atoms with E-state index in [4.69, 9.17) is 39.5 Å². The van der Waals surface area contributed by atoms with Crippen LogP contribution in [0.2, 0.25) is 10.0 Å². The van der Waals surface area contributed by atoms with Crippen molar-refractivity contribution in [3.63, 3.8) is 0 Å². The predicted octanol–water partition coefficient (Wildman–Crippen LogP) is 4.77. The van der Waals surface area contributed by atoms with Crippen molar-refractivity contribution in [3.8, 4) is 5.75 Å². The molecule has 0 aliphatic carbocycles. The first kappa shape index (κ1) is 13.0. The van der Waals surface area contributed by atoms with Crippen LogP contribution in [-0.4, -0.2) is 4.98 Å². The molecule has 0 radical (unpaired) electrons. The van der Waals surface area contributed by atoms with Crippen molar-refractivity contribution in [2.45, 2.75) is 12.5 Å². The SMILES string of the molecule is ClCc1csc(COc2c(Cl)cccc2Cl)n1. The fourth-order valence-electron chi connectivity index (χ4n) is 1.23. The summed E-state index contributed by atoms with van der Waals surface area (Å²) in [4.78, 5) is 4.28. The zero-order chi connectivity index (χ0) is 12.3. The topological polar surface area (TPSA) is 22.1 Å². The largest absolute Gasteiger partial charge is 0.483 e. The second-order valence-electron chi connectivity index (χ2n) is 3.21. The van der Waals surface area contributed by atoms with E-state index in [-0.39, 0.29) is 0 Å². The molecule has 1 heterocycles. The Morgan fingerprint density at radius 3 is 2.53 bits per heavy atom. The van der Waals surface area contributed by atoms with E-state index in [1.54, 1.807) is 18.2 Å². The molecule has 0 aliphatic rings. The summed E-state index contributed by atoms with van der Waals surface area (Å²) in [5.41, 5.74) is 0.848. The van der Waals surface area contributed by atoms with Crippen molar-refractivity contribution in [3.05, 3.63) is 44.3 Å². The number of halogens is 3. The molecule has 2 rings (SSSR count). The molecule has 0 amide bonds. The molecular formula is C11H8Cl3NOS. The van der Waals surface area contributed by atoms with E-state index in [2.05, 4.69) is 4.98 Å². The molecule has 0 saturated carbocycles. The number of nitrogens with zero attached hydrogens (tertiary/aromatic N) is 1. The van der Waals surface area contributed by atoms with Gasteiger partial charge in [0.05, 0.1) is 21.6 Å². The molecular weight excluding hydrogens is 301 g/mol. The highest BCUT2D eigenvalue weighted by Crippen LogP contribution is 2.33. The summed E-state index contributed by atoms with van der Waals surface area (Å²) in [6.07, 6.45) is 0. The molecule has 17 heavy (non-hydrogen) atoms. The lowest BCUT2D eigenvalue weighted by Crippen LogP contribution is -1.96. The standard InChI is InChI=1S/C11H8Cl3NOS/c12-4-7-6-17-10(15-7)5-16-11-8(13)2-1-3-9(11)14/h1-3,6H,4-5H2. The van der Waals surface area contributed by atoms with Crippen LogP contribution < -0.4 is 4.74 Å². The average Bonchev–Trinajstić information content (AvgIpc) is 2.76. The molecule has 2 nitrogen and oxygen atoms in total. The molecule has 0 N–H and O–H groups in total. The van der Waals surface area contributed by atoms with Gasteiger partial charge in [-0.1, -0.05) is 29.3 Å². The number of benzene rings is 1. The molecule has 0 spiro atoms. The number of rotatable bonds is 4. The normalized spacial score (nSPS) is 10.5. The van der Waals surface area contributed by atoms with Crippen LogP contribution in [0.5, 0.6) is 5.75 Å². The van der Waals surface area contributed by atoms with Gasteiger partial charge in [-0.15, -0.1) is 22.9 Å². The molecule has 6 heteroatoms. The first-order valence-corrected chi connectivity index (χ1v) is 6.93. The van der Waals surface area contributed by atoms with Gasteiger partial charge in [-0.25, -0.2) is 4.98 Å². The monoisotopic (exact) mass is 307 g/mol. The van der Waals surface area contributed by atoms with Gasteiger partial charge in [-0.3, -0.25) is 0 Å². The Labute approximate surface area is 118 Å². The van der Waals surface area contributed by atoms with E-state index >= 15 is 0 Å². The van der Waals surface area contributed by atoms with E-state index in [9.17, 15) is 0 Å². The molecule has 0 bridgehead atoms. The fraction of sp³-hybridized carbons (Fsp3) is 0.182. The predicted molar refractivity (Wildman–Crippen MR) is 72.5 cm³/mol. The second kappa shape index (κ2) is 5.91. The van der Waals surface area contributed by atoms with Crippen molar-refractivity contribution in [1.29, 1.82) is 0 Å². The lowest BCUT2D eigenvalue weighted by Gasteiger charge is -2.07. The molecule has 0 aliphatic heterocycles. The van der Waals surface area contributed by atoms with Crippen LogP contribution in [0.4, 0.5) is 0 Å². The maximum atomic E-state index is 5.98.